The van der Waals surface area contributed by atoms with Crippen LogP contribution in [-0.4, -0.2) is 9.97 Å². The van der Waals surface area contributed by atoms with Crippen LogP contribution >= 0.6 is 22.7 Å². The summed E-state index contributed by atoms with van der Waals surface area (Å²) >= 11 is 3.41. The van der Waals surface area contributed by atoms with Gasteiger partial charge in [-0.25, -0.2) is 9.97 Å². The molecule has 0 aliphatic carbocycles. The van der Waals surface area contributed by atoms with Crippen LogP contribution < -0.4 is 0 Å². The Bertz CT molecular complexity index is 1600. The molecular formula is C32H24N2S2. The first-order valence-corrected chi connectivity index (χ1v) is 13.5. The maximum Gasteiger partial charge on any atom is 0.153 e. The van der Waals surface area contributed by atoms with E-state index in [0.717, 1.165) is 21.0 Å². The molecule has 6 rings (SSSR count). The third-order valence-corrected chi connectivity index (χ3v) is 8.28. The average Bonchev–Trinajstić information content (AvgIpc) is 3.51. The minimum absolute atomic E-state index is 0.975. The Labute approximate surface area is 218 Å². The molecule has 0 spiro atoms. The van der Waals surface area contributed by atoms with Crippen molar-refractivity contribution in [2.45, 2.75) is 13.8 Å². The van der Waals surface area contributed by atoms with E-state index < -0.39 is 0 Å². The number of nitrogens with zero attached hydrogens (tertiary/aromatic N) is 2. The predicted octanol–water partition coefficient (Wildman–Crippen LogP) is 9.53. The van der Waals surface area contributed by atoms with E-state index in [9.17, 15) is 0 Å². The van der Waals surface area contributed by atoms with Crippen LogP contribution in [0.15, 0.2) is 84.9 Å². The Balaban J connectivity index is 1.25. The summed E-state index contributed by atoms with van der Waals surface area (Å²) < 4.78 is 2.36. The number of fused-ring (bicyclic) bond motifs is 2. The van der Waals surface area contributed by atoms with Gasteiger partial charge in [0.2, 0.25) is 0 Å². The van der Waals surface area contributed by atoms with Crippen molar-refractivity contribution < 1.29 is 0 Å². The van der Waals surface area contributed by atoms with Gasteiger partial charge in [0, 0.05) is 0 Å². The fraction of sp³-hybridized carbons (Fsp3) is 0.0625. The summed E-state index contributed by atoms with van der Waals surface area (Å²) in [6.45, 7) is 4.22. The van der Waals surface area contributed by atoms with Gasteiger partial charge in [0.05, 0.1) is 20.4 Å². The smallest absolute Gasteiger partial charge is 0.153 e. The Hall–Kier alpha value is -3.86. The van der Waals surface area contributed by atoms with Crippen LogP contribution in [0.25, 0.3) is 54.8 Å². The van der Waals surface area contributed by atoms with E-state index in [1.807, 2.05) is 0 Å². The molecule has 4 heteroatoms. The lowest BCUT2D eigenvalue weighted by Crippen LogP contribution is -1.76. The zero-order valence-corrected chi connectivity index (χ0v) is 21.7. The van der Waals surface area contributed by atoms with Gasteiger partial charge in [-0.15, -0.1) is 22.7 Å². The molecular weight excluding hydrogens is 477 g/mol. The van der Waals surface area contributed by atoms with Gasteiger partial charge in [0.1, 0.15) is 0 Å². The maximum absolute atomic E-state index is 4.88. The Kier molecular flexibility index (Phi) is 6.06. The van der Waals surface area contributed by atoms with Crippen molar-refractivity contribution in [1.29, 1.82) is 0 Å². The molecule has 36 heavy (non-hydrogen) atoms. The first-order valence-electron chi connectivity index (χ1n) is 11.9. The monoisotopic (exact) mass is 500 g/mol. The van der Waals surface area contributed by atoms with Crippen LogP contribution in [0.3, 0.4) is 0 Å². The largest absolute Gasteiger partial charge is 0.233 e. The van der Waals surface area contributed by atoms with Gasteiger partial charge >= 0.3 is 0 Å². The Morgan fingerprint density at radius 1 is 0.472 bits per heavy atom. The van der Waals surface area contributed by atoms with Crippen LogP contribution in [-0.2, 0) is 0 Å². The lowest BCUT2D eigenvalue weighted by Gasteiger charge is -1.96. The molecule has 0 aliphatic rings. The maximum atomic E-state index is 4.88. The second kappa shape index (κ2) is 9.65. The number of aryl methyl sites for hydroxylation is 2. The van der Waals surface area contributed by atoms with Gasteiger partial charge in [-0.05, 0) is 60.4 Å². The van der Waals surface area contributed by atoms with Crippen molar-refractivity contribution in [1.82, 2.24) is 9.97 Å². The Morgan fingerprint density at radius 2 is 0.833 bits per heavy atom. The summed E-state index contributed by atoms with van der Waals surface area (Å²) in [5.74, 6) is 0. The van der Waals surface area contributed by atoms with E-state index in [1.54, 1.807) is 22.7 Å². The quantitative estimate of drug-likeness (QED) is 0.220. The molecule has 174 valence electrons. The number of hydrogen-bond donors (Lipinski definition) is 0. The first-order chi connectivity index (χ1) is 17.6. The van der Waals surface area contributed by atoms with Crippen LogP contribution in [0.4, 0.5) is 0 Å². The molecule has 0 bridgehead atoms. The van der Waals surface area contributed by atoms with Gasteiger partial charge in [-0.3, -0.25) is 0 Å². The molecule has 0 unspecified atom stereocenters. The van der Waals surface area contributed by atoms with E-state index in [0.29, 0.717) is 0 Å². The SMILES string of the molecule is Cc1ccc(C=Cc2ccc3nc(-c4nc5ccc(C=Cc6ccc(C)cc6)cc5s4)sc3c2)cc1. The standard InChI is InChI=1S/C32H24N2S2/c1-21-3-7-23(8-4-21)11-13-25-15-17-27-29(19-25)35-31(33-27)32-34-28-18-16-26(20-30(28)36-32)14-12-24-9-5-22(2)6-10-24/h3-20H,1-2H3. The summed E-state index contributed by atoms with van der Waals surface area (Å²) in [6.07, 6.45) is 8.63. The molecule has 2 aromatic heterocycles. The van der Waals surface area contributed by atoms with Gasteiger partial charge in [-0.2, -0.15) is 0 Å². The van der Waals surface area contributed by atoms with Gasteiger partial charge in [0.15, 0.2) is 10.0 Å². The van der Waals surface area contributed by atoms with Gasteiger partial charge in [-0.1, -0.05) is 96.1 Å². The van der Waals surface area contributed by atoms with E-state index in [4.69, 9.17) is 9.97 Å². The predicted molar refractivity (Wildman–Crippen MR) is 158 cm³/mol. The molecule has 0 saturated carbocycles. The van der Waals surface area contributed by atoms with Crippen molar-refractivity contribution >= 4 is 67.4 Å². The van der Waals surface area contributed by atoms with Gasteiger partial charge in [0.25, 0.3) is 0 Å². The summed E-state index contributed by atoms with van der Waals surface area (Å²) in [4.78, 5) is 9.76. The van der Waals surface area contributed by atoms with Crippen molar-refractivity contribution in [3.63, 3.8) is 0 Å². The fourth-order valence-corrected chi connectivity index (χ4v) is 6.06. The summed E-state index contributed by atoms with van der Waals surface area (Å²) in [5.41, 5.74) is 9.33. The first kappa shape index (κ1) is 22.6. The normalized spacial score (nSPS) is 11.9. The van der Waals surface area contributed by atoms with Crippen molar-refractivity contribution in [2.75, 3.05) is 0 Å². The van der Waals surface area contributed by atoms with Crippen LogP contribution in [0.1, 0.15) is 33.4 Å². The van der Waals surface area contributed by atoms with Crippen LogP contribution in [0.2, 0.25) is 0 Å². The molecule has 2 heterocycles. The zero-order valence-electron chi connectivity index (χ0n) is 20.1. The van der Waals surface area contributed by atoms with Crippen molar-refractivity contribution in [3.8, 4) is 10.0 Å². The van der Waals surface area contributed by atoms with E-state index in [1.165, 1.54) is 42.8 Å². The molecule has 0 N–H and O–H groups in total. The highest BCUT2D eigenvalue weighted by molar-refractivity contribution is 7.27. The van der Waals surface area contributed by atoms with Crippen molar-refractivity contribution in [2.24, 2.45) is 0 Å². The topological polar surface area (TPSA) is 25.8 Å². The highest BCUT2D eigenvalue weighted by Crippen LogP contribution is 2.36. The van der Waals surface area contributed by atoms with E-state index >= 15 is 0 Å². The molecule has 0 fully saturated rings. The molecule has 0 saturated heterocycles. The molecule has 6 aromatic rings. The highest BCUT2D eigenvalue weighted by atomic mass is 32.1. The minimum Gasteiger partial charge on any atom is -0.233 e. The lowest BCUT2D eigenvalue weighted by molar-refractivity contribution is 1.42. The van der Waals surface area contributed by atoms with Gasteiger partial charge < -0.3 is 0 Å². The molecule has 2 nitrogen and oxygen atoms in total. The highest BCUT2D eigenvalue weighted by Gasteiger charge is 2.12. The van der Waals surface area contributed by atoms with Crippen molar-refractivity contribution in [3.05, 3.63) is 118 Å². The number of rotatable bonds is 5. The minimum atomic E-state index is 0.975. The third-order valence-electron chi connectivity index (χ3n) is 6.10. The summed E-state index contributed by atoms with van der Waals surface area (Å²) in [7, 11) is 0. The second-order valence-corrected chi connectivity index (χ2v) is 11.0. The van der Waals surface area contributed by atoms with Crippen LogP contribution in [0, 0.1) is 13.8 Å². The van der Waals surface area contributed by atoms with E-state index in [2.05, 4.69) is 123 Å². The molecule has 4 aromatic carbocycles. The third kappa shape index (κ3) is 4.92. The Morgan fingerprint density at radius 3 is 1.25 bits per heavy atom. The number of benzene rings is 4. The van der Waals surface area contributed by atoms with E-state index in [-0.39, 0.29) is 0 Å². The molecule has 0 radical (unpaired) electrons. The second-order valence-electron chi connectivity index (χ2n) is 8.98. The zero-order chi connectivity index (χ0) is 24.5. The average molecular weight is 501 g/mol. The number of aromatic nitrogens is 2. The number of thiazole rings is 2. The number of hydrogen-bond acceptors (Lipinski definition) is 4. The molecule has 0 aliphatic heterocycles. The fourth-order valence-electron chi connectivity index (χ4n) is 4.01. The lowest BCUT2D eigenvalue weighted by atomic mass is 10.1. The molecule has 0 atom stereocenters. The van der Waals surface area contributed by atoms with Crippen LogP contribution in [0.5, 0.6) is 0 Å². The summed E-state index contributed by atoms with van der Waals surface area (Å²) in [5, 5.41) is 1.95. The summed E-state index contributed by atoms with van der Waals surface area (Å²) in [6, 6.07) is 30.0. The molecule has 0 amide bonds.